The Morgan fingerprint density at radius 2 is 1.97 bits per heavy atom. The molecule has 0 fully saturated rings. The maximum absolute atomic E-state index is 12.4. The van der Waals surface area contributed by atoms with Gasteiger partial charge in [0.05, 0.1) is 5.56 Å². The lowest BCUT2D eigenvalue weighted by atomic mass is 10.2. The summed E-state index contributed by atoms with van der Waals surface area (Å²) in [5, 5.41) is 7.85. The molecule has 1 aromatic carbocycles. The van der Waals surface area contributed by atoms with E-state index < -0.39 is 28.0 Å². The molecule has 11 heteroatoms. The highest BCUT2D eigenvalue weighted by molar-refractivity contribution is 7.94. The van der Waals surface area contributed by atoms with Gasteiger partial charge < -0.3 is 14.6 Å². The van der Waals surface area contributed by atoms with Crippen LogP contribution in [0.15, 0.2) is 56.6 Å². The Balaban J connectivity index is 1.62. The SMILES string of the molecule is CCC(OC(=O)c1ccc(NS(=O)(=O)c2cccs2)cc1)C(=O)Nc1cc(C)on1. The van der Waals surface area contributed by atoms with E-state index in [0.29, 0.717) is 11.4 Å². The number of nitrogens with one attached hydrogen (secondary N) is 2. The Bertz CT molecular complexity index is 1120. The molecule has 2 heterocycles. The van der Waals surface area contributed by atoms with Crippen molar-refractivity contribution in [1.82, 2.24) is 5.16 Å². The van der Waals surface area contributed by atoms with Gasteiger partial charge in [-0.05, 0) is 49.1 Å². The van der Waals surface area contributed by atoms with Crippen molar-refractivity contribution < 1.29 is 27.3 Å². The lowest BCUT2D eigenvalue weighted by Gasteiger charge is -2.15. The molecule has 1 atom stereocenters. The third-order valence-corrected chi connectivity index (χ3v) is 6.70. The molecule has 2 aromatic heterocycles. The molecule has 1 amide bonds. The van der Waals surface area contributed by atoms with Crippen LogP contribution in [0.4, 0.5) is 11.5 Å². The van der Waals surface area contributed by atoms with Crippen molar-refractivity contribution in [1.29, 1.82) is 0 Å². The van der Waals surface area contributed by atoms with Crippen molar-refractivity contribution in [3.8, 4) is 0 Å². The summed E-state index contributed by atoms with van der Waals surface area (Å²) < 4.78 is 37.3. The maximum Gasteiger partial charge on any atom is 0.338 e. The number of aryl methyl sites for hydroxylation is 1. The zero-order valence-corrected chi connectivity index (χ0v) is 17.7. The maximum atomic E-state index is 12.4. The fraction of sp³-hybridized carbons (Fsp3) is 0.211. The monoisotopic (exact) mass is 449 g/mol. The molecular weight excluding hydrogens is 430 g/mol. The number of thiophene rings is 1. The number of carbonyl (C=O) groups excluding carboxylic acids is 2. The number of hydrogen-bond acceptors (Lipinski definition) is 8. The Morgan fingerprint density at radius 1 is 1.23 bits per heavy atom. The van der Waals surface area contributed by atoms with Crippen LogP contribution in [0.25, 0.3) is 0 Å². The highest BCUT2D eigenvalue weighted by Gasteiger charge is 2.23. The van der Waals surface area contributed by atoms with Crippen molar-refractivity contribution in [2.75, 3.05) is 10.0 Å². The molecule has 1 unspecified atom stereocenters. The van der Waals surface area contributed by atoms with Gasteiger partial charge in [0.1, 0.15) is 9.97 Å². The van der Waals surface area contributed by atoms with Crippen LogP contribution < -0.4 is 10.0 Å². The summed E-state index contributed by atoms with van der Waals surface area (Å²) in [6.45, 7) is 3.39. The summed E-state index contributed by atoms with van der Waals surface area (Å²) >= 11 is 1.10. The number of aromatic nitrogens is 1. The first-order chi connectivity index (χ1) is 14.3. The first-order valence-corrected chi connectivity index (χ1v) is 11.3. The molecule has 0 spiro atoms. The van der Waals surface area contributed by atoms with Crippen molar-refractivity contribution in [3.05, 3.63) is 59.2 Å². The largest absolute Gasteiger partial charge is 0.449 e. The van der Waals surface area contributed by atoms with Gasteiger partial charge in [-0.2, -0.15) is 0 Å². The molecule has 0 saturated heterocycles. The van der Waals surface area contributed by atoms with Crippen LogP contribution in [0.3, 0.4) is 0 Å². The zero-order chi connectivity index (χ0) is 21.7. The number of rotatable bonds is 8. The number of hydrogen-bond donors (Lipinski definition) is 2. The molecule has 30 heavy (non-hydrogen) atoms. The molecule has 0 aliphatic rings. The molecule has 9 nitrogen and oxygen atoms in total. The normalized spacial score (nSPS) is 12.2. The summed E-state index contributed by atoms with van der Waals surface area (Å²) in [7, 11) is -3.68. The van der Waals surface area contributed by atoms with E-state index in [0.717, 1.165) is 11.3 Å². The molecule has 158 valence electrons. The average Bonchev–Trinajstić information content (AvgIpc) is 3.38. The molecular formula is C19H19N3O6S2. The highest BCUT2D eigenvalue weighted by atomic mass is 32.2. The summed E-state index contributed by atoms with van der Waals surface area (Å²) in [5.74, 6) is -0.472. The van der Waals surface area contributed by atoms with E-state index in [1.807, 2.05) is 0 Å². The van der Waals surface area contributed by atoms with Gasteiger partial charge in [-0.25, -0.2) is 13.2 Å². The fourth-order valence-electron chi connectivity index (χ4n) is 2.45. The standard InChI is InChI=1S/C19H19N3O6S2/c1-3-15(18(23)20-16-11-12(2)28-21-16)27-19(24)13-6-8-14(9-7-13)22-30(25,26)17-5-4-10-29-17/h4-11,15,22H,3H2,1-2H3,(H,20,21,23). The quantitative estimate of drug-likeness (QED) is 0.504. The third-order valence-electron chi connectivity index (χ3n) is 3.92. The molecule has 3 aromatic rings. The molecule has 2 N–H and O–H groups in total. The van der Waals surface area contributed by atoms with Crippen LogP contribution in [0.5, 0.6) is 0 Å². The molecule has 0 bridgehead atoms. The number of nitrogens with zero attached hydrogens (tertiary/aromatic N) is 1. The number of carbonyl (C=O) groups is 2. The number of esters is 1. The van der Waals surface area contributed by atoms with Gasteiger partial charge in [0.15, 0.2) is 11.9 Å². The number of anilines is 2. The highest BCUT2D eigenvalue weighted by Crippen LogP contribution is 2.21. The van der Waals surface area contributed by atoms with E-state index in [9.17, 15) is 18.0 Å². The first-order valence-electron chi connectivity index (χ1n) is 8.90. The van der Waals surface area contributed by atoms with E-state index in [4.69, 9.17) is 9.26 Å². The second-order valence-electron chi connectivity index (χ2n) is 6.23. The second-order valence-corrected chi connectivity index (χ2v) is 9.09. The van der Waals surface area contributed by atoms with Crippen molar-refractivity contribution in [2.45, 2.75) is 30.6 Å². The minimum absolute atomic E-state index is 0.178. The van der Waals surface area contributed by atoms with Gasteiger partial charge in [0, 0.05) is 11.8 Å². The van der Waals surface area contributed by atoms with Gasteiger partial charge in [0.2, 0.25) is 0 Å². The topological polar surface area (TPSA) is 128 Å². The van der Waals surface area contributed by atoms with Crippen molar-refractivity contribution in [3.63, 3.8) is 0 Å². The van der Waals surface area contributed by atoms with E-state index >= 15 is 0 Å². The number of sulfonamides is 1. The van der Waals surface area contributed by atoms with Gasteiger partial charge in [0.25, 0.3) is 15.9 Å². The lowest BCUT2D eigenvalue weighted by molar-refractivity contribution is -0.124. The number of amides is 1. The molecule has 0 saturated carbocycles. The van der Waals surface area contributed by atoms with Crippen LogP contribution in [0.1, 0.15) is 29.5 Å². The van der Waals surface area contributed by atoms with E-state index in [2.05, 4.69) is 15.2 Å². The molecule has 0 aliphatic heterocycles. The summed E-state index contributed by atoms with van der Waals surface area (Å²) in [5.41, 5.74) is 0.476. The Kier molecular flexibility index (Phi) is 6.53. The summed E-state index contributed by atoms with van der Waals surface area (Å²) in [6.07, 6.45) is -0.765. The van der Waals surface area contributed by atoms with Crippen molar-refractivity contribution in [2.24, 2.45) is 0 Å². The summed E-state index contributed by atoms with van der Waals surface area (Å²) in [4.78, 5) is 24.7. The predicted molar refractivity (Wildman–Crippen MR) is 111 cm³/mol. The Morgan fingerprint density at radius 3 is 2.53 bits per heavy atom. The van der Waals surface area contributed by atoms with Crippen LogP contribution in [-0.2, 0) is 19.6 Å². The minimum atomic E-state index is -3.68. The summed E-state index contributed by atoms with van der Waals surface area (Å²) in [6, 6.07) is 10.4. The van der Waals surface area contributed by atoms with E-state index in [-0.39, 0.29) is 22.0 Å². The molecule has 3 rings (SSSR count). The van der Waals surface area contributed by atoms with Gasteiger partial charge in [-0.15, -0.1) is 11.3 Å². The third kappa shape index (κ3) is 5.24. The number of benzene rings is 1. The first kappa shape index (κ1) is 21.5. The van der Waals surface area contributed by atoms with Gasteiger partial charge in [-0.3, -0.25) is 9.52 Å². The van der Waals surface area contributed by atoms with Crippen LogP contribution in [-0.4, -0.2) is 31.6 Å². The van der Waals surface area contributed by atoms with E-state index in [1.54, 1.807) is 31.4 Å². The lowest BCUT2D eigenvalue weighted by Crippen LogP contribution is -2.32. The van der Waals surface area contributed by atoms with Crippen LogP contribution in [0.2, 0.25) is 0 Å². The van der Waals surface area contributed by atoms with Gasteiger partial charge in [-0.1, -0.05) is 18.1 Å². The predicted octanol–water partition coefficient (Wildman–Crippen LogP) is 3.42. The Labute approximate surface area is 177 Å². The van der Waals surface area contributed by atoms with E-state index in [1.165, 1.54) is 30.3 Å². The molecule has 0 radical (unpaired) electrons. The average molecular weight is 450 g/mol. The fourth-order valence-corrected chi connectivity index (χ4v) is 4.50. The van der Waals surface area contributed by atoms with Crippen LogP contribution in [0, 0.1) is 6.92 Å². The zero-order valence-electron chi connectivity index (χ0n) is 16.1. The minimum Gasteiger partial charge on any atom is -0.449 e. The molecule has 0 aliphatic carbocycles. The smallest absolute Gasteiger partial charge is 0.338 e. The van der Waals surface area contributed by atoms with Gasteiger partial charge >= 0.3 is 5.97 Å². The van der Waals surface area contributed by atoms with Crippen molar-refractivity contribution >= 4 is 44.7 Å². The second kappa shape index (κ2) is 9.09. The number of ether oxygens (including phenoxy) is 1. The van der Waals surface area contributed by atoms with Crippen LogP contribution >= 0.6 is 11.3 Å². The Hall–Kier alpha value is -3.18.